The maximum atomic E-state index is 6.36. The molecule has 0 radical (unpaired) electrons. The summed E-state index contributed by atoms with van der Waals surface area (Å²) in [7, 11) is 0. The Kier molecular flexibility index (Phi) is 3.62. The molecule has 1 aromatic heterocycles. The van der Waals surface area contributed by atoms with Gasteiger partial charge in [-0.25, -0.2) is 4.98 Å². The molecular formula is C14H21ClN2O. The van der Waals surface area contributed by atoms with Crippen LogP contribution in [0.3, 0.4) is 0 Å². The van der Waals surface area contributed by atoms with Crippen molar-refractivity contribution in [2.75, 3.05) is 0 Å². The molecule has 1 unspecified atom stereocenters. The Morgan fingerprint density at radius 1 is 1.33 bits per heavy atom. The highest BCUT2D eigenvalue weighted by Gasteiger charge is 2.40. The molecule has 4 heteroatoms. The van der Waals surface area contributed by atoms with Crippen LogP contribution in [0, 0.1) is 0 Å². The summed E-state index contributed by atoms with van der Waals surface area (Å²) in [5.74, 6) is 0.489. The maximum Gasteiger partial charge on any atom is 0.0950 e. The molecule has 0 aromatic carbocycles. The van der Waals surface area contributed by atoms with Crippen LogP contribution < -0.4 is 0 Å². The molecule has 100 valence electrons. The minimum atomic E-state index is 0.221. The van der Waals surface area contributed by atoms with E-state index in [0.717, 1.165) is 12.2 Å². The Morgan fingerprint density at radius 2 is 2.17 bits per heavy atom. The van der Waals surface area contributed by atoms with E-state index in [1.165, 1.54) is 44.9 Å². The van der Waals surface area contributed by atoms with Crippen molar-refractivity contribution >= 4 is 11.6 Å². The summed E-state index contributed by atoms with van der Waals surface area (Å²) in [6.45, 7) is 0.922. The summed E-state index contributed by atoms with van der Waals surface area (Å²) in [5.41, 5.74) is 1.17. The van der Waals surface area contributed by atoms with Gasteiger partial charge in [-0.05, 0) is 25.7 Å². The monoisotopic (exact) mass is 268 g/mol. The van der Waals surface area contributed by atoms with Crippen molar-refractivity contribution in [3.8, 4) is 0 Å². The van der Waals surface area contributed by atoms with E-state index in [4.69, 9.17) is 16.3 Å². The van der Waals surface area contributed by atoms with Gasteiger partial charge in [0.1, 0.15) is 0 Å². The van der Waals surface area contributed by atoms with Gasteiger partial charge in [0.15, 0.2) is 0 Å². The molecular weight excluding hydrogens is 248 g/mol. The van der Waals surface area contributed by atoms with Crippen LogP contribution in [0.2, 0.25) is 0 Å². The van der Waals surface area contributed by atoms with Gasteiger partial charge in [0, 0.05) is 12.7 Å². The molecule has 0 N–H and O–H groups in total. The molecule has 3 nitrogen and oxygen atoms in total. The van der Waals surface area contributed by atoms with Crippen molar-refractivity contribution in [2.45, 2.75) is 69.1 Å². The van der Waals surface area contributed by atoms with E-state index in [0.29, 0.717) is 12.0 Å². The topological polar surface area (TPSA) is 27.1 Å². The van der Waals surface area contributed by atoms with Gasteiger partial charge in [-0.15, -0.1) is 11.6 Å². The van der Waals surface area contributed by atoms with Crippen molar-refractivity contribution in [3.05, 3.63) is 18.2 Å². The lowest BCUT2D eigenvalue weighted by Crippen LogP contribution is -2.32. The SMILES string of the molecule is ClCc1cn(CC2CCC3(CCCCC3)O2)cn1. The fourth-order valence-electron chi connectivity index (χ4n) is 3.40. The number of halogens is 1. The Hall–Kier alpha value is -0.540. The third-order valence-electron chi connectivity index (χ3n) is 4.34. The summed E-state index contributed by atoms with van der Waals surface area (Å²) in [6.07, 6.45) is 13.3. The van der Waals surface area contributed by atoms with Gasteiger partial charge in [-0.3, -0.25) is 0 Å². The van der Waals surface area contributed by atoms with Crippen molar-refractivity contribution in [3.63, 3.8) is 0 Å². The second kappa shape index (κ2) is 5.22. The van der Waals surface area contributed by atoms with E-state index in [9.17, 15) is 0 Å². The van der Waals surface area contributed by atoms with Crippen molar-refractivity contribution in [1.29, 1.82) is 0 Å². The zero-order valence-electron chi connectivity index (χ0n) is 10.8. The molecule has 1 saturated heterocycles. The molecule has 1 aliphatic heterocycles. The van der Waals surface area contributed by atoms with Crippen LogP contribution in [0.4, 0.5) is 0 Å². The van der Waals surface area contributed by atoms with E-state index in [1.807, 2.05) is 12.5 Å². The molecule has 2 aliphatic rings. The van der Waals surface area contributed by atoms with Crippen LogP contribution in [-0.4, -0.2) is 21.3 Å². The predicted molar refractivity (Wildman–Crippen MR) is 71.7 cm³/mol. The maximum absolute atomic E-state index is 6.36. The third-order valence-corrected chi connectivity index (χ3v) is 4.62. The Bertz CT molecular complexity index is 398. The first-order chi connectivity index (χ1) is 8.80. The molecule has 2 fully saturated rings. The number of hydrogen-bond acceptors (Lipinski definition) is 2. The largest absolute Gasteiger partial charge is 0.370 e. The first-order valence-electron chi connectivity index (χ1n) is 7.04. The summed E-state index contributed by atoms with van der Waals surface area (Å²) in [6, 6.07) is 0. The molecule has 0 bridgehead atoms. The van der Waals surface area contributed by atoms with Gasteiger partial charge >= 0.3 is 0 Å². The fourth-order valence-corrected chi connectivity index (χ4v) is 3.54. The van der Waals surface area contributed by atoms with E-state index >= 15 is 0 Å². The highest BCUT2D eigenvalue weighted by atomic mass is 35.5. The average Bonchev–Trinajstić information content (AvgIpc) is 2.99. The Balaban J connectivity index is 1.58. The van der Waals surface area contributed by atoms with Gasteiger partial charge in [0.05, 0.1) is 29.6 Å². The minimum Gasteiger partial charge on any atom is -0.370 e. The van der Waals surface area contributed by atoms with Crippen LogP contribution in [0.1, 0.15) is 50.6 Å². The second-order valence-corrected chi connectivity index (χ2v) is 5.98. The van der Waals surface area contributed by atoms with Gasteiger partial charge in [-0.2, -0.15) is 0 Å². The van der Waals surface area contributed by atoms with Crippen LogP contribution in [0.25, 0.3) is 0 Å². The molecule has 1 aliphatic carbocycles. The number of imidazole rings is 1. The predicted octanol–water partition coefficient (Wildman–Crippen LogP) is 3.50. The van der Waals surface area contributed by atoms with Gasteiger partial charge in [0.2, 0.25) is 0 Å². The first kappa shape index (κ1) is 12.5. The molecule has 1 atom stereocenters. The molecule has 18 heavy (non-hydrogen) atoms. The standard InChI is InChI=1S/C14H21ClN2O/c15-8-12-9-17(11-16-12)10-13-4-7-14(18-13)5-2-1-3-6-14/h9,11,13H,1-8,10H2. The zero-order chi connectivity index (χ0) is 12.4. The Morgan fingerprint density at radius 3 is 2.89 bits per heavy atom. The number of hydrogen-bond donors (Lipinski definition) is 0. The van der Waals surface area contributed by atoms with Crippen LogP contribution >= 0.6 is 11.6 Å². The molecule has 3 rings (SSSR count). The smallest absolute Gasteiger partial charge is 0.0950 e. The average molecular weight is 269 g/mol. The van der Waals surface area contributed by atoms with Crippen LogP contribution in [-0.2, 0) is 17.2 Å². The van der Waals surface area contributed by atoms with E-state index < -0.39 is 0 Å². The first-order valence-corrected chi connectivity index (χ1v) is 7.58. The van der Waals surface area contributed by atoms with Crippen LogP contribution in [0.5, 0.6) is 0 Å². The van der Waals surface area contributed by atoms with Crippen molar-refractivity contribution < 1.29 is 4.74 Å². The lowest BCUT2D eigenvalue weighted by molar-refractivity contribution is -0.0679. The summed E-state index contributed by atoms with van der Waals surface area (Å²) in [5, 5.41) is 0. The number of ether oxygens (including phenoxy) is 1. The highest BCUT2D eigenvalue weighted by molar-refractivity contribution is 6.16. The number of aromatic nitrogens is 2. The van der Waals surface area contributed by atoms with Gasteiger partial charge < -0.3 is 9.30 Å². The second-order valence-electron chi connectivity index (χ2n) is 5.72. The summed E-state index contributed by atoms with van der Waals surface area (Å²) < 4.78 is 8.47. The van der Waals surface area contributed by atoms with E-state index in [1.54, 1.807) is 0 Å². The fraction of sp³-hybridized carbons (Fsp3) is 0.786. The Labute approximate surface area is 113 Å². The highest BCUT2D eigenvalue weighted by Crippen LogP contribution is 2.42. The summed E-state index contributed by atoms with van der Waals surface area (Å²) >= 11 is 5.77. The van der Waals surface area contributed by atoms with Crippen molar-refractivity contribution in [1.82, 2.24) is 9.55 Å². The molecule has 1 saturated carbocycles. The number of alkyl halides is 1. The summed E-state index contributed by atoms with van der Waals surface area (Å²) in [4.78, 5) is 4.26. The third kappa shape index (κ3) is 2.57. The normalized spacial score (nSPS) is 26.8. The number of nitrogens with zero attached hydrogens (tertiary/aromatic N) is 2. The quantitative estimate of drug-likeness (QED) is 0.785. The van der Waals surface area contributed by atoms with Gasteiger partial charge in [0.25, 0.3) is 0 Å². The molecule has 2 heterocycles. The number of rotatable bonds is 3. The van der Waals surface area contributed by atoms with E-state index in [2.05, 4.69) is 9.55 Å². The molecule has 1 spiro atoms. The zero-order valence-corrected chi connectivity index (χ0v) is 11.5. The van der Waals surface area contributed by atoms with E-state index in [-0.39, 0.29) is 5.60 Å². The lowest BCUT2D eigenvalue weighted by atomic mass is 9.83. The lowest BCUT2D eigenvalue weighted by Gasteiger charge is -2.33. The molecule has 0 amide bonds. The van der Waals surface area contributed by atoms with Crippen molar-refractivity contribution in [2.24, 2.45) is 0 Å². The molecule has 1 aromatic rings. The van der Waals surface area contributed by atoms with Crippen LogP contribution in [0.15, 0.2) is 12.5 Å². The minimum absolute atomic E-state index is 0.221. The van der Waals surface area contributed by atoms with Gasteiger partial charge in [-0.1, -0.05) is 19.3 Å².